The molecule has 0 saturated carbocycles. The largest absolute Gasteiger partial charge is 0.0829 e. The predicted octanol–water partition coefficient (Wildman–Crippen LogP) is 4.07. The molecule has 0 saturated heterocycles. The van der Waals surface area contributed by atoms with E-state index in [1.807, 2.05) is 12.1 Å². The summed E-state index contributed by atoms with van der Waals surface area (Å²) in [6.07, 6.45) is 0. The van der Waals surface area contributed by atoms with Gasteiger partial charge in [-0.05, 0) is 40.1 Å². The summed E-state index contributed by atoms with van der Waals surface area (Å²) in [5.41, 5.74) is 1.23. The van der Waals surface area contributed by atoms with Gasteiger partial charge in [0.05, 0.1) is 5.02 Å². The van der Waals surface area contributed by atoms with Crippen LogP contribution < -0.4 is 0 Å². The van der Waals surface area contributed by atoms with Crippen molar-refractivity contribution in [3.05, 3.63) is 32.4 Å². The second kappa shape index (κ2) is 3.76. The van der Waals surface area contributed by atoms with Crippen LogP contribution in [0.3, 0.4) is 0 Å². The highest BCUT2D eigenvalue weighted by atomic mass is 127. The molecule has 0 aliphatic rings. The molecule has 0 heterocycles. The van der Waals surface area contributed by atoms with E-state index in [0.717, 1.165) is 8.59 Å². The summed E-state index contributed by atoms with van der Waals surface area (Å²) in [7, 11) is 0. The highest BCUT2D eigenvalue weighted by molar-refractivity contribution is 14.1. The summed E-state index contributed by atoms with van der Waals surface area (Å²) in [4.78, 5) is 0. The van der Waals surface area contributed by atoms with E-state index in [4.69, 9.17) is 11.6 Å². The molecule has 1 rings (SSSR count). The third kappa shape index (κ3) is 2.09. The first-order valence-corrected chi connectivity index (χ1v) is 5.02. The first-order chi connectivity index (χ1) is 5.13. The van der Waals surface area contributed by atoms with Gasteiger partial charge in [0.2, 0.25) is 0 Å². The molecule has 0 atom stereocenters. The average molecular weight is 281 g/mol. The molecule has 0 aromatic heterocycles. The van der Waals surface area contributed by atoms with Gasteiger partial charge in [0, 0.05) is 3.57 Å². The van der Waals surface area contributed by atoms with Gasteiger partial charge in [-0.25, -0.2) is 0 Å². The van der Waals surface area contributed by atoms with Gasteiger partial charge in [-0.3, -0.25) is 0 Å². The second-order valence-electron chi connectivity index (χ2n) is 2.80. The zero-order valence-corrected chi connectivity index (χ0v) is 9.48. The fourth-order valence-electron chi connectivity index (χ4n) is 0.966. The Morgan fingerprint density at radius 2 is 2.00 bits per heavy atom. The van der Waals surface area contributed by atoms with Crippen molar-refractivity contribution in [2.45, 2.75) is 19.8 Å². The number of halogens is 2. The Hall–Kier alpha value is 0.240. The van der Waals surface area contributed by atoms with E-state index in [9.17, 15) is 0 Å². The van der Waals surface area contributed by atoms with Crippen LogP contribution in [-0.2, 0) is 0 Å². The lowest BCUT2D eigenvalue weighted by atomic mass is 10.0. The Kier molecular flexibility index (Phi) is 3.19. The van der Waals surface area contributed by atoms with E-state index in [2.05, 4.69) is 42.5 Å². The third-order valence-corrected chi connectivity index (χ3v) is 3.24. The molecule has 0 fully saturated rings. The molecular weight excluding hydrogens is 270 g/mol. The van der Waals surface area contributed by atoms with E-state index in [1.54, 1.807) is 0 Å². The van der Waals surface area contributed by atoms with Crippen molar-refractivity contribution in [1.82, 2.24) is 0 Å². The Balaban J connectivity index is 3.17. The van der Waals surface area contributed by atoms with Crippen LogP contribution in [0.2, 0.25) is 5.02 Å². The van der Waals surface area contributed by atoms with Crippen molar-refractivity contribution in [2.24, 2.45) is 0 Å². The SMILES string of the molecule is CC(C)c1cccc(I)c1Cl. The number of hydrogen-bond acceptors (Lipinski definition) is 0. The van der Waals surface area contributed by atoms with E-state index < -0.39 is 0 Å². The van der Waals surface area contributed by atoms with Crippen LogP contribution in [0.1, 0.15) is 25.3 Å². The molecule has 0 radical (unpaired) electrons. The minimum atomic E-state index is 0.511. The molecule has 0 aliphatic carbocycles. The maximum atomic E-state index is 6.08. The molecule has 0 nitrogen and oxygen atoms in total. The monoisotopic (exact) mass is 280 g/mol. The fraction of sp³-hybridized carbons (Fsp3) is 0.333. The Morgan fingerprint density at radius 1 is 1.36 bits per heavy atom. The molecule has 0 amide bonds. The molecule has 0 aliphatic heterocycles. The second-order valence-corrected chi connectivity index (χ2v) is 4.34. The molecule has 0 spiro atoms. The topological polar surface area (TPSA) is 0 Å². The van der Waals surface area contributed by atoms with Crippen LogP contribution in [0.25, 0.3) is 0 Å². The zero-order valence-electron chi connectivity index (χ0n) is 6.57. The highest BCUT2D eigenvalue weighted by Gasteiger charge is 2.05. The van der Waals surface area contributed by atoms with Crippen molar-refractivity contribution in [2.75, 3.05) is 0 Å². The molecule has 11 heavy (non-hydrogen) atoms. The summed E-state index contributed by atoms with van der Waals surface area (Å²) < 4.78 is 1.13. The predicted molar refractivity (Wildman–Crippen MR) is 58.3 cm³/mol. The average Bonchev–Trinajstić information content (AvgIpc) is 1.94. The van der Waals surface area contributed by atoms with E-state index in [0.29, 0.717) is 5.92 Å². The number of rotatable bonds is 1. The van der Waals surface area contributed by atoms with Crippen LogP contribution in [-0.4, -0.2) is 0 Å². The normalized spacial score (nSPS) is 10.6. The molecule has 1 aromatic rings. The zero-order chi connectivity index (χ0) is 8.43. The van der Waals surface area contributed by atoms with Crippen molar-refractivity contribution in [1.29, 1.82) is 0 Å². The van der Waals surface area contributed by atoms with Crippen LogP contribution in [0.4, 0.5) is 0 Å². The Morgan fingerprint density at radius 3 is 2.45 bits per heavy atom. The minimum Gasteiger partial charge on any atom is -0.0829 e. The third-order valence-electron chi connectivity index (χ3n) is 1.60. The summed E-state index contributed by atoms with van der Waals surface area (Å²) in [6.45, 7) is 4.30. The van der Waals surface area contributed by atoms with Gasteiger partial charge < -0.3 is 0 Å². The molecule has 0 unspecified atom stereocenters. The van der Waals surface area contributed by atoms with Gasteiger partial charge in [0.1, 0.15) is 0 Å². The molecule has 0 bridgehead atoms. The summed E-state index contributed by atoms with van der Waals surface area (Å²) >= 11 is 8.33. The van der Waals surface area contributed by atoms with Crippen molar-refractivity contribution >= 4 is 34.2 Å². The maximum absolute atomic E-state index is 6.08. The minimum absolute atomic E-state index is 0.511. The number of benzene rings is 1. The fourth-order valence-corrected chi connectivity index (χ4v) is 1.83. The van der Waals surface area contributed by atoms with Gasteiger partial charge in [-0.2, -0.15) is 0 Å². The number of hydrogen-bond donors (Lipinski definition) is 0. The molecule has 1 aromatic carbocycles. The lowest BCUT2D eigenvalue weighted by molar-refractivity contribution is 0.866. The van der Waals surface area contributed by atoms with Gasteiger partial charge in [0.15, 0.2) is 0 Å². The maximum Gasteiger partial charge on any atom is 0.0574 e. The smallest absolute Gasteiger partial charge is 0.0574 e. The van der Waals surface area contributed by atoms with Gasteiger partial charge in [-0.15, -0.1) is 0 Å². The Bertz CT molecular complexity index is 256. The summed E-state index contributed by atoms with van der Waals surface area (Å²) in [5.74, 6) is 0.511. The van der Waals surface area contributed by atoms with E-state index >= 15 is 0 Å². The summed E-state index contributed by atoms with van der Waals surface area (Å²) in [5, 5.41) is 0.906. The molecule has 60 valence electrons. The van der Waals surface area contributed by atoms with Crippen LogP contribution in [0, 0.1) is 3.57 Å². The van der Waals surface area contributed by atoms with Crippen LogP contribution in [0.15, 0.2) is 18.2 Å². The highest BCUT2D eigenvalue weighted by Crippen LogP contribution is 2.27. The van der Waals surface area contributed by atoms with Crippen molar-refractivity contribution < 1.29 is 0 Å². The van der Waals surface area contributed by atoms with Crippen LogP contribution >= 0.6 is 34.2 Å². The van der Waals surface area contributed by atoms with E-state index in [1.165, 1.54) is 5.56 Å². The van der Waals surface area contributed by atoms with Crippen molar-refractivity contribution in [3.63, 3.8) is 0 Å². The van der Waals surface area contributed by atoms with Crippen LogP contribution in [0.5, 0.6) is 0 Å². The quantitative estimate of drug-likeness (QED) is 0.680. The molecule has 2 heteroatoms. The first-order valence-electron chi connectivity index (χ1n) is 3.57. The lowest BCUT2D eigenvalue weighted by Crippen LogP contribution is -1.89. The van der Waals surface area contributed by atoms with Gasteiger partial charge >= 0.3 is 0 Å². The Labute approximate surface area is 86.1 Å². The van der Waals surface area contributed by atoms with Gasteiger partial charge in [-0.1, -0.05) is 37.6 Å². The van der Waals surface area contributed by atoms with Crippen molar-refractivity contribution in [3.8, 4) is 0 Å². The first kappa shape index (κ1) is 9.33. The molecular formula is C9H10ClI. The lowest BCUT2D eigenvalue weighted by Gasteiger charge is -2.08. The summed E-state index contributed by atoms with van der Waals surface area (Å²) in [6, 6.07) is 6.15. The standard InChI is InChI=1S/C9H10ClI/c1-6(2)7-4-3-5-8(11)9(7)10/h3-6H,1-2H3. The van der Waals surface area contributed by atoms with Gasteiger partial charge in [0.25, 0.3) is 0 Å². The van der Waals surface area contributed by atoms with E-state index in [-0.39, 0.29) is 0 Å². The molecule has 0 N–H and O–H groups in total.